The molecule has 1 saturated carbocycles. The van der Waals surface area contributed by atoms with Gasteiger partial charge in [0.25, 0.3) is 23.6 Å². The molecule has 0 aromatic heterocycles. The molecule has 0 radical (unpaired) electrons. The van der Waals surface area contributed by atoms with Crippen LogP contribution in [0.2, 0.25) is 5.02 Å². The second kappa shape index (κ2) is 15.3. The average Bonchev–Trinajstić information content (AvgIpc) is 3.58. The number of piperidine rings is 1. The number of thiocarbonyl (C=S) groups is 1. The SMILES string of the molecule is CN1C(=O)CCC(N2C(=O)c3ccc(N4CCN(CCCCCc5ccc(N6C(=S)N(c7ccc(C#N)c(Cl)c7)C(=O)C67CCC7)cc5F)CC4)cc3C2=O)C1=O. The molecule has 5 aliphatic rings. The maximum atomic E-state index is 15.6. The van der Waals surface area contributed by atoms with Gasteiger partial charge in [0, 0.05) is 51.0 Å². The first-order chi connectivity index (χ1) is 27.4. The van der Waals surface area contributed by atoms with Gasteiger partial charge in [0.1, 0.15) is 23.5 Å². The zero-order chi connectivity index (χ0) is 40.2. The third-order valence-corrected chi connectivity index (χ3v) is 12.9. The fourth-order valence-corrected chi connectivity index (χ4v) is 9.43. The van der Waals surface area contributed by atoms with E-state index in [1.54, 1.807) is 41.3 Å². The number of nitrogens with zero attached hydrogens (tertiary/aromatic N) is 7. The second-order valence-corrected chi connectivity index (χ2v) is 16.2. The molecule has 3 saturated heterocycles. The lowest BCUT2D eigenvalue weighted by Gasteiger charge is -2.43. The van der Waals surface area contributed by atoms with Gasteiger partial charge in [-0.1, -0.05) is 24.1 Å². The number of imide groups is 2. The number of halogens is 2. The number of aryl methyl sites for hydroxylation is 1. The van der Waals surface area contributed by atoms with Crippen molar-refractivity contribution in [1.29, 1.82) is 5.26 Å². The largest absolute Gasteiger partial charge is 0.369 e. The van der Waals surface area contributed by atoms with Gasteiger partial charge < -0.3 is 9.80 Å². The van der Waals surface area contributed by atoms with Crippen molar-refractivity contribution in [3.63, 3.8) is 0 Å². The summed E-state index contributed by atoms with van der Waals surface area (Å²) < 4.78 is 15.6. The number of nitriles is 1. The zero-order valence-corrected chi connectivity index (χ0v) is 33.1. The fourth-order valence-electron chi connectivity index (χ4n) is 8.74. The quantitative estimate of drug-likeness (QED) is 0.143. The van der Waals surface area contributed by atoms with Crippen molar-refractivity contribution in [3.05, 3.63) is 87.7 Å². The lowest BCUT2D eigenvalue weighted by molar-refractivity contribution is -0.149. The summed E-state index contributed by atoms with van der Waals surface area (Å²) in [6, 6.07) is 16.2. The molecule has 4 fully saturated rings. The molecule has 8 rings (SSSR count). The molecule has 0 bridgehead atoms. The number of likely N-dealkylation sites (N-methyl/N-ethyl adjacent to an activating group) is 1. The first kappa shape index (κ1) is 38.6. The van der Waals surface area contributed by atoms with Gasteiger partial charge in [-0.05, 0) is 118 Å². The van der Waals surface area contributed by atoms with Crippen LogP contribution in [0.15, 0.2) is 54.6 Å². The van der Waals surface area contributed by atoms with E-state index >= 15 is 4.39 Å². The van der Waals surface area contributed by atoms with Crippen LogP contribution in [-0.4, -0.2) is 101 Å². The smallest absolute Gasteiger partial charge is 0.262 e. The molecule has 4 aliphatic heterocycles. The lowest BCUT2D eigenvalue weighted by atomic mass is 9.75. The van der Waals surface area contributed by atoms with Crippen LogP contribution in [0, 0.1) is 17.1 Å². The summed E-state index contributed by atoms with van der Waals surface area (Å²) in [6.45, 7) is 4.09. The molecule has 12 nitrogen and oxygen atoms in total. The van der Waals surface area contributed by atoms with E-state index in [1.165, 1.54) is 18.0 Å². The van der Waals surface area contributed by atoms with Gasteiger partial charge >= 0.3 is 0 Å². The summed E-state index contributed by atoms with van der Waals surface area (Å²) in [5.74, 6) is -2.35. The molecule has 294 valence electrons. The standard InChI is InChI=1S/C42H41ClFN7O5S/c1-46-36(52)14-13-35(39(46)55)50-37(53)31-12-11-28(22-32(31)38(50)54)48-20-18-47(19-21-48)17-4-2-3-6-26-7-10-30(24-34(26)44)51-41(57)49(40(56)42(51)15-5-16-42)29-9-8-27(25-45)33(43)23-29/h7-12,22-24,35H,2-6,13-21H2,1H3. The van der Waals surface area contributed by atoms with Crippen LogP contribution < -0.4 is 14.7 Å². The molecule has 0 N–H and O–H groups in total. The van der Waals surface area contributed by atoms with Crippen molar-refractivity contribution in [3.8, 4) is 6.07 Å². The highest BCUT2D eigenvalue weighted by molar-refractivity contribution is 7.81. The summed E-state index contributed by atoms with van der Waals surface area (Å²) in [5.41, 5.74) is 2.49. The van der Waals surface area contributed by atoms with E-state index in [2.05, 4.69) is 9.80 Å². The van der Waals surface area contributed by atoms with Crippen molar-refractivity contribution >= 4 is 75.5 Å². The molecule has 1 unspecified atom stereocenters. The minimum absolute atomic E-state index is 0.100. The molecule has 3 aromatic rings. The molecular formula is C42H41ClFN7O5S. The van der Waals surface area contributed by atoms with Crippen LogP contribution in [0.25, 0.3) is 0 Å². The number of fused-ring (bicyclic) bond motifs is 1. The van der Waals surface area contributed by atoms with Gasteiger partial charge in [0.15, 0.2) is 5.11 Å². The predicted octanol–water partition coefficient (Wildman–Crippen LogP) is 5.69. The zero-order valence-electron chi connectivity index (χ0n) is 31.5. The Morgan fingerprint density at radius 1 is 0.877 bits per heavy atom. The van der Waals surface area contributed by atoms with Crippen molar-refractivity contribution in [1.82, 2.24) is 14.7 Å². The number of carbonyl (C=O) groups is 5. The van der Waals surface area contributed by atoms with Gasteiger partial charge in [0.2, 0.25) is 5.91 Å². The van der Waals surface area contributed by atoms with E-state index in [1.807, 2.05) is 18.2 Å². The lowest BCUT2D eigenvalue weighted by Crippen LogP contribution is -2.55. The highest BCUT2D eigenvalue weighted by atomic mass is 35.5. The topological polar surface area (TPSA) is 129 Å². The number of unbranched alkanes of at least 4 members (excludes halogenated alkanes) is 2. The third kappa shape index (κ3) is 6.65. The fraction of sp³-hybridized carbons (Fsp3) is 0.405. The number of rotatable bonds is 10. The highest BCUT2D eigenvalue weighted by Crippen LogP contribution is 2.48. The van der Waals surface area contributed by atoms with E-state index in [0.717, 1.165) is 73.9 Å². The summed E-state index contributed by atoms with van der Waals surface area (Å²) in [6.07, 6.45) is 5.61. The van der Waals surface area contributed by atoms with E-state index < -0.39 is 29.3 Å². The Balaban J connectivity index is 0.815. The number of piperazine rings is 1. The van der Waals surface area contributed by atoms with Crippen molar-refractivity contribution < 1.29 is 28.4 Å². The summed E-state index contributed by atoms with van der Waals surface area (Å²) in [5, 5.41) is 9.78. The van der Waals surface area contributed by atoms with E-state index in [-0.39, 0.29) is 51.7 Å². The maximum absolute atomic E-state index is 15.6. The van der Waals surface area contributed by atoms with Gasteiger partial charge in [-0.15, -0.1) is 0 Å². The molecule has 57 heavy (non-hydrogen) atoms. The number of hydrogen-bond donors (Lipinski definition) is 0. The van der Waals surface area contributed by atoms with Crippen LogP contribution in [-0.2, 0) is 20.8 Å². The Bertz CT molecular complexity index is 2270. The number of likely N-dealkylation sites (tertiary alicyclic amines) is 1. The van der Waals surface area contributed by atoms with Gasteiger partial charge in [-0.25, -0.2) is 4.39 Å². The summed E-state index contributed by atoms with van der Waals surface area (Å²) in [4.78, 5) is 74.9. The Morgan fingerprint density at radius 2 is 1.60 bits per heavy atom. The van der Waals surface area contributed by atoms with Crippen LogP contribution in [0.5, 0.6) is 0 Å². The van der Waals surface area contributed by atoms with Gasteiger partial charge in [0.05, 0.1) is 27.4 Å². The Morgan fingerprint density at radius 3 is 2.28 bits per heavy atom. The second-order valence-electron chi connectivity index (χ2n) is 15.4. The van der Waals surface area contributed by atoms with E-state index in [4.69, 9.17) is 23.8 Å². The first-order valence-corrected chi connectivity index (χ1v) is 20.2. The van der Waals surface area contributed by atoms with Crippen LogP contribution in [0.1, 0.15) is 83.2 Å². The number of benzene rings is 3. The summed E-state index contributed by atoms with van der Waals surface area (Å²) in [7, 11) is 1.38. The Kier molecular flexibility index (Phi) is 10.3. The maximum Gasteiger partial charge on any atom is 0.262 e. The Hall–Kier alpha value is -5.23. The summed E-state index contributed by atoms with van der Waals surface area (Å²) >= 11 is 12.1. The van der Waals surface area contributed by atoms with Crippen molar-refractivity contribution in [2.75, 3.05) is 54.5 Å². The molecule has 1 spiro atoms. The number of anilines is 3. The van der Waals surface area contributed by atoms with Crippen LogP contribution >= 0.6 is 23.8 Å². The van der Waals surface area contributed by atoms with Crippen LogP contribution in [0.4, 0.5) is 21.5 Å². The molecule has 3 aromatic carbocycles. The Labute approximate surface area is 340 Å². The average molecular weight is 810 g/mol. The monoisotopic (exact) mass is 809 g/mol. The molecular weight excluding hydrogens is 769 g/mol. The molecule has 4 heterocycles. The molecule has 1 atom stereocenters. The number of amides is 5. The van der Waals surface area contributed by atoms with Crippen LogP contribution in [0.3, 0.4) is 0 Å². The highest BCUT2D eigenvalue weighted by Gasteiger charge is 2.59. The normalized spacial score (nSPS) is 20.9. The van der Waals surface area contributed by atoms with E-state index in [0.29, 0.717) is 41.8 Å². The first-order valence-electron chi connectivity index (χ1n) is 19.4. The number of carbonyl (C=O) groups excluding carboxylic acids is 5. The van der Waals surface area contributed by atoms with Crippen molar-refractivity contribution in [2.45, 2.75) is 69.4 Å². The molecule has 15 heteroatoms. The van der Waals surface area contributed by atoms with E-state index in [9.17, 15) is 29.2 Å². The van der Waals surface area contributed by atoms with Gasteiger partial charge in [-0.3, -0.25) is 43.6 Å². The number of hydrogen-bond acceptors (Lipinski definition) is 9. The molecule has 5 amide bonds. The van der Waals surface area contributed by atoms with Gasteiger partial charge in [-0.2, -0.15) is 5.26 Å². The molecule has 1 aliphatic carbocycles. The predicted molar refractivity (Wildman–Crippen MR) is 216 cm³/mol. The minimum Gasteiger partial charge on any atom is -0.369 e. The third-order valence-electron chi connectivity index (χ3n) is 12.2. The minimum atomic E-state index is -0.978. The van der Waals surface area contributed by atoms with Crippen molar-refractivity contribution in [2.24, 2.45) is 0 Å².